The van der Waals surface area contributed by atoms with E-state index in [1.165, 1.54) is 24.8 Å². The highest BCUT2D eigenvalue weighted by molar-refractivity contribution is 5.44. The predicted molar refractivity (Wildman–Crippen MR) is 87.4 cm³/mol. The molecule has 120 valence electrons. The Bertz CT molecular complexity index is 722. The maximum atomic E-state index is 13.6. The van der Waals surface area contributed by atoms with Crippen molar-refractivity contribution in [2.45, 2.75) is 25.7 Å². The predicted octanol–water partition coefficient (Wildman–Crippen LogP) is 4.26. The summed E-state index contributed by atoms with van der Waals surface area (Å²) in [6, 6.07) is 12.4. The Morgan fingerprint density at radius 2 is 1.78 bits per heavy atom. The maximum Gasteiger partial charge on any atom is 0.123 e. The molecular formula is C19H20FNO2. The molecule has 4 heteroatoms. The van der Waals surface area contributed by atoms with Crippen LogP contribution < -0.4 is 9.47 Å². The molecule has 1 atom stereocenters. The van der Waals surface area contributed by atoms with Gasteiger partial charge >= 0.3 is 0 Å². The molecule has 0 N–H and O–H groups in total. The lowest BCUT2D eigenvalue weighted by atomic mass is 9.91. The van der Waals surface area contributed by atoms with Gasteiger partial charge in [0, 0.05) is 5.56 Å². The number of nitrogens with zero attached hydrogens (tertiary/aromatic N) is 1. The molecule has 0 saturated carbocycles. The van der Waals surface area contributed by atoms with Gasteiger partial charge in [-0.15, -0.1) is 0 Å². The van der Waals surface area contributed by atoms with Gasteiger partial charge < -0.3 is 9.47 Å². The van der Waals surface area contributed by atoms with Gasteiger partial charge in [0.15, 0.2) is 0 Å². The standard InChI is InChI=1S/C19H20FNO2/c1-4-13-5-7-18(22-2)14(9-13)10-15(12-21)17-11-16(20)6-8-19(17)23-3/h5-9,11,15H,4,10H2,1-3H3. The summed E-state index contributed by atoms with van der Waals surface area (Å²) in [6.07, 6.45) is 1.34. The lowest BCUT2D eigenvalue weighted by Gasteiger charge is -2.16. The first kappa shape index (κ1) is 16.8. The van der Waals surface area contributed by atoms with Gasteiger partial charge in [-0.25, -0.2) is 4.39 Å². The second-order valence-corrected chi connectivity index (χ2v) is 5.27. The molecule has 0 aliphatic rings. The van der Waals surface area contributed by atoms with Gasteiger partial charge in [0.25, 0.3) is 0 Å². The summed E-state index contributed by atoms with van der Waals surface area (Å²) < 4.78 is 24.3. The largest absolute Gasteiger partial charge is 0.496 e. The second-order valence-electron chi connectivity index (χ2n) is 5.27. The number of ether oxygens (including phenoxy) is 2. The van der Waals surface area contributed by atoms with Crippen molar-refractivity contribution in [3.8, 4) is 17.6 Å². The molecule has 1 unspecified atom stereocenters. The topological polar surface area (TPSA) is 42.2 Å². The van der Waals surface area contributed by atoms with Crippen molar-refractivity contribution >= 4 is 0 Å². The monoisotopic (exact) mass is 313 g/mol. The smallest absolute Gasteiger partial charge is 0.123 e. The Morgan fingerprint density at radius 3 is 2.39 bits per heavy atom. The number of hydrogen-bond donors (Lipinski definition) is 0. The third-order valence-corrected chi connectivity index (χ3v) is 3.90. The van der Waals surface area contributed by atoms with E-state index in [1.54, 1.807) is 13.2 Å². The van der Waals surface area contributed by atoms with Gasteiger partial charge in [-0.3, -0.25) is 0 Å². The minimum atomic E-state index is -0.512. The highest BCUT2D eigenvalue weighted by Crippen LogP contribution is 2.32. The first-order chi connectivity index (χ1) is 11.1. The van der Waals surface area contributed by atoms with Crippen LogP contribution in [0.2, 0.25) is 0 Å². The average molecular weight is 313 g/mol. The average Bonchev–Trinajstić information content (AvgIpc) is 2.59. The number of halogens is 1. The maximum absolute atomic E-state index is 13.6. The Morgan fingerprint density at radius 1 is 1.09 bits per heavy atom. The van der Waals surface area contributed by atoms with Crippen LogP contribution in [0.25, 0.3) is 0 Å². The molecule has 0 heterocycles. The van der Waals surface area contributed by atoms with Crippen molar-refractivity contribution in [2.24, 2.45) is 0 Å². The molecule has 2 aromatic rings. The molecule has 0 aliphatic heterocycles. The zero-order chi connectivity index (χ0) is 16.8. The number of hydrogen-bond acceptors (Lipinski definition) is 3. The third kappa shape index (κ3) is 3.81. The Hall–Kier alpha value is -2.54. The van der Waals surface area contributed by atoms with Gasteiger partial charge in [-0.05, 0) is 48.2 Å². The summed E-state index contributed by atoms with van der Waals surface area (Å²) in [5.74, 6) is 0.360. The number of rotatable bonds is 6. The van der Waals surface area contributed by atoms with Crippen molar-refractivity contribution in [1.29, 1.82) is 5.26 Å². The molecule has 0 aromatic heterocycles. The van der Waals surface area contributed by atoms with Crippen LogP contribution in [0.15, 0.2) is 36.4 Å². The SMILES string of the molecule is CCc1ccc(OC)c(CC(C#N)c2cc(F)ccc2OC)c1. The molecule has 0 spiro atoms. The molecule has 0 fully saturated rings. The van der Waals surface area contributed by atoms with Crippen molar-refractivity contribution in [2.75, 3.05) is 14.2 Å². The fourth-order valence-electron chi connectivity index (χ4n) is 2.63. The van der Waals surface area contributed by atoms with Gasteiger partial charge in [-0.2, -0.15) is 5.26 Å². The van der Waals surface area contributed by atoms with Gasteiger partial charge in [0.2, 0.25) is 0 Å². The van der Waals surface area contributed by atoms with E-state index in [0.717, 1.165) is 17.7 Å². The van der Waals surface area contributed by atoms with Crippen LogP contribution in [0.3, 0.4) is 0 Å². The van der Waals surface area contributed by atoms with Crippen LogP contribution in [-0.2, 0) is 12.8 Å². The van der Waals surface area contributed by atoms with E-state index in [0.29, 0.717) is 17.7 Å². The summed E-state index contributed by atoms with van der Waals surface area (Å²) in [7, 11) is 3.12. The first-order valence-corrected chi connectivity index (χ1v) is 7.51. The summed E-state index contributed by atoms with van der Waals surface area (Å²) in [6.45, 7) is 2.07. The quantitative estimate of drug-likeness (QED) is 0.800. The molecule has 3 nitrogen and oxygen atoms in total. The van der Waals surface area contributed by atoms with Gasteiger partial charge in [0.05, 0.1) is 26.2 Å². The summed E-state index contributed by atoms with van der Waals surface area (Å²) in [5, 5.41) is 9.57. The molecule has 0 bridgehead atoms. The Balaban J connectivity index is 2.41. The second kappa shape index (κ2) is 7.64. The van der Waals surface area contributed by atoms with Crippen LogP contribution in [0, 0.1) is 17.1 Å². The normalized spacial score (nSPS) is 11.6. The zero-order valence-corrected chi connectivity index (χ0v) is 13.6. The summed E-state index contributed by atoms with van der Waals surface area (Å²) in [4.78, 5) is 0. The van der Waals surface area contributed by atoms with Crippen LogP contribution in [-0.4, -0.2) is 14.2 Å². The van der Waals surface area contributed by atoms with E-state index in [1.807, 2.05) is 18.2 Å². The zero-order valence-electron chi connectivity index (χ0n) is 13.6. The van der Waals surface area contributed by atoms with Crippen LogP contribution in [0.5, 0.6) is 11.5 Å². The molecular weight excluding hydrogens is 293 g/mol. The number of aryl methyl sites for hydroxylation is 1. The number of benzene rings is 2. The highest BCUT2D eigenvalue weighted by atomic mass is 19.1. The number of methoxy groups -OCH3 is 2. The molecule has 0 amide bonds. The molecule has 0 aliphatic carbocycles. The molecule has 23 heavy (non-hydrogen) atoms. The van der Waals surface area contributed by atoms with E-state index < -0.39 is 5.92 Å². The van der Waals surface area contributed by atoms with Gasteiger partial charge in [0.1, 0.15) is 17.3 Å². The van der Waals surface area contributed by atoms with E-state index >= 15 is 0 Å². The van der Waals surface area contributed by atoms with E-state index in [9.17, 15) is 9.65 Å². The van der Waals surface area contributed by atoms with Crippen LogP contribution >= 0.6 is 0 Å². The van der Waals surface area contributed by atoms with Crippen molar-refractivity contribution in [3.63, 3.8) is 0 Å². The van der Waals surface area contributed by atoms with Crippen LogP contribution in [0.4, 0.5) is 4.39 Å². The van der Waals surface area contributed by atoms with Crippen molar-refractivity contribution in [1.82, 2.24) is 0 Å². The lowest BCUT2D eigenvalue weighted by molar-refractivity contribution is 0.403. The first-order valence-electron chi connectivity index (χ1n) is 7.51. The minimum Gasteiger partial charge on any atom is -0.496 e. The highest BCUT2D eigenvalue weighted by Gasteiger charge is 2.19. The van der Waals surface area contributed by atoms with Crippen molar-refractivity contribution in [3.05, 3.63) is 58.9 Å². The Kier molecular flexibility index (Phi) is 5.59. The van der Waals surface area contributed by atoms with Gasteiger partial charge in [-0.1, -0.05) is 19.1 Å². The summed E-state index contributed by atoms with van der Waals surface area (Å²) in [5.41, 5.74) is 2.66. The molecule has 0 saturated heterocycles. The van der Waals surface area contributed by atoms with E-state index in [2.05, 4.69) is 13.0 Å². The van der Waals surface area contributed by atoms with Crippen molar-refractivity contribution < 1.29 is 13.9 Å². The number of nitriles is 1. The fourth-order valence-corrected chi connectivity index (χ4v) is 2.63. The lowest BCUT2D eigenvalue weighted by Crippen LogP contribution is -2.05. The minimum absolute atomic E-state index is 0.379. The molecule has 0 radical (unpaired) electrons. The Labute approximate surface area is 136 Å². The molecule has 2 rings (SSSR count). The fraction of sp³-hybridized carbons (Fsp3) is 0.316. The van der Waals surface area contributed by atoms with Crippen LogP contribution in [0.1, 0.15) is 29.5 Å². The third-order valence-electron chi connectivity index (χ3n) is 3.90. The van der Waals surface area contributed by atoms with E-state index in [4.69, 9.17) is 9.47 Å². The molecule has 2 aromatic carbocycles. The summed E-state index contributed by atoms with van der Waals surface area (Å²) >= 11 is 0. The van der Waals surface area contributed by atoms with E-state index in [-0.39, 0.29) is 5.82 Å².